The van der Waals surface area contributed by atoms with Crippen molar-refractivity contribution in [3.63, 3.8) is 0 Å². The molecule has 1 aromatic carbocycles. The number of hydrogen-bond donors (Lipinski definition) is 1. The lowest BCUT2D eigenvalue weighted by molar-refractivity contribution is 0.0989. The van der Waals surface area contributed by atoms with Crippen LogP contribution >= 0.6 is 0 Å². The highest BCUT2D eigenvalue weighted by Gasteiger charge is 2.29. The van der Waals surface area contributed by atoms with E-state index >= 15 is 0 Å². The van der Waals surface area contributed by atoms with Gasteiger partial charge in [-0.1, -0.05) is 32.9 Å². The Morgan fingerprint density at radius 1 is 1.38 bits per heavy atom. The molecule has 16 heavy (non-hydrogen) atoms. The molecule has 0 saturated carbocycles. The molecule has 0 aliphatic heterocycles. The molecule has 1 aliphatic carbocycles. The molecule has 1 aromatic rings. The molecule has 0 heterocycles. The van der Waals surface area contributed by atoms with Crippen molar-refractivity contribution in [3.8, 4) is 0 Å². The molecule has 0 bridgehead atoms. The van der Waals surface area contributed by atoms with E-state index in [2.05, 4.69) is 32.9 Å². The maximum atomic E-state index is 11.9. The standard InChI is InChI=1S/C14H19NO/c1-14(2,3)10-4-5-11-9(8-15)6-13(16)12(11)7-10/h4-5,7,9H,6,8,15H2,1-3H3. The Balaban J connectivity index is 2.48. The molecule has 2 rings (SSSR count). The first kappa shape index (κ1) is 11.3. The van der Waals surface area contributed by atoms with Crippen molar-refractivity contribution in [2.24, 2.45) is 5.73 Å². The fraction of sp³-hybridized carbons (Fsp3) is 0.500. The van der Waals surface area contributed by atoms with Crippen LogP contribution in [-0.2, 0) is 5.41 Å². The van der Waals surface area contributed by atoms with E-state index in [0.717, 1.165) is 11.1 Å². The molecule has 86 valence electrons. The summed E-state index contributed by atoms with van der Waals surface area (Å²) in [6.45, 7) is 7.05. The number of rotatable bonds is 1. The van der Waals surface area contributed by atoms with E-state index in [9.17, 15) is 4.79 Å². The second-order valence-electron chi connectivity index (χ2n) is 5.61. The summed E-state index contributed by atoms with van der Waals surface area (Å²) in [5.74, 6) is 0.480. The SMILES string of the molecule is CC(C)(C)c1ccc2c(c1)C(=O)CC2CN. The summed E-state index contributed by atoms with van der Waals surface area (Å²) in [5, 5.41) is 0. The van der Waals surface area contributed by atoms with E-state index in [4.69, 9.17) is 5.73 Å². The zero-order valence-corrected chi connectivity index (χ0v) is 10.2. The molecule has 2 N–H and O–H groups in total. The molecule has 1 unspecified atom stereocenters. The Hall–Kier alpha value is -1.15. The second kappa shape index (κ2) is 3.70. The quantitative estimate of drug-likeness (QED) is 0.785. The van der Waals surface area contributed by atoms with E-state index in [1.165, 1.54) is 5.56 Å². The number of hydrogen-bond acceptors (Lipinski definition) is 2. The van der Waals surface area contributed by atoms with Gasteiger partial charge in [-0.05, 0) is 29.2 Å². The lowest BCUT2D eigenvalue weighted by Crippen LogP contribution is -2.12. The van der Waals surface area contributed by atoms with E-state index in [-0.39, 0.29) is 17.1 Å². The molecule has 2 nitrogen and oxygen atoms in total. The van der Waals surface area contributed by atoms with Crippen molar-refractivity contribution >= 4 is 5.78 Å². The van der Waals surface area contributed by atoms with Crippen molar-refractivity contribution < 1.29 is 4.79 Å². The number of Topliss-reactive ketones (excluding diaryl/α,β-unsaturated/α-hetero) is 1. The molecular formula is C14H19NO. The summed E-state index contributed by atoms with van der Waals surface area (Å²) in [4.78, 5) is 11.9. The van der Waals surface area contributed by atoms with Crippen LogP contribution in [0.5, 0.6) is 0 Å². The summed E-state index contributed by atoms with van der Waals surface area (Å²) in [7, 11) is 0. The number of carbonyl (C=O) groups is 1. The summed E-state index contributed by atoms with van der Waals surface area (Å²) in [5.41, 5.74) is 9.03. The van der Waals surface area contributed by atoms with E-state index in [1.807, 2.05) is 6.07 Å². The average molecular weight is 217 g/mol. The average Bonchev–Trinajstić information content (AvgIpc) is 2.54. The van der Waals surface area contributed by atoms with Crippen molar-refractivity contribution in [1.82, 2.24) is 0 Å². The molecule has 1 aliphatic rings. The van der Waals surface area contributed by atoms with Gasteiger partial charge < -0.3 is 5.73 Å². The molecule has 0 radical (unpaired) electrons. The lowest BCUT2D eigenvalue weighted by Gasteiger charge is -2.20. The third-order valence-corrected chi connectivity index (χ3v) is 3.38. The number of fused-ring (bicyclic) bond motifs is 1. The topological polar surface area (TPSA) is 43.1 Å². The molecule has 0 spiro atoms. The van der Waals surface area contributed by atoms with Gasteiger partial charge in [0.1, 0.15) is 0 Å². The maximum Gasteiger partial charge on any atom is 0.163 e. The number of carbonyl (C=O) groups excluding carboxylic acids is 1. The molecule has 0 fully saturated rings. The highest BCUT2D eigenvalue weighted by molar-refractivity contribution is 6.01. The van der Waals surface area contributed by atoms with Crippen LogP contribution in [0, 0.1) is 0 Å². The number of ketones is 1. The van der Waals surface area contributed by atoms with E-state index in [1.54, 1.807) is 0 Å². The van der Waals surface area contributed by atoms with Gasteiger partial charge in [0.15, 0.2) is 5.78 Å². The monoisotopic (exact) mass is 217 g/mol. The Labute approximate surface area is 96.8 Å². The van der Waals surface area contributed by atoms with Crippen molar-refractivity contribution in [2.75, 3.05) is 6.54 Å². The van der Waals surface area contributed by atoms with Crippen LogP contribution in [0.4, 0.5) is 0 Å². The van der Waals surface area contributed by atoms with E-state index < -0.39 is 0 Å². The van der Waals surface area contributed by atoms with Gasteiger partial charge >= 0.3 is 0 Å². The Bertz CT molecular complexity index is 429. The van der Waals surface area contributed by atoms with Gasteiger partial charge in [-0.3, -0.25) is 4.79 Å². The predicted molar refractivity (Wildman–Crippen MR) is 65.9 cm³/mol. The van der Waals surface area contributed by atoms with Crippen LogP contribution < -0.4 is 5.73 Å². The first-order chi connectivity index (χ1) is 7.43. The summed E-state index contributed by atoms with van der Waals surface area (Å²) in [6, 6.07) is 6.26. The fourth-order valence-electron chi connectivity index (χ4n) is 2.27. The third kappa shape index (κ3) is 1.78. The maximum absolute atomic E-state index is 11.9. The minimum atomic E-state index is 0.0934. The summed E-state index contributed by atoms with van der Waals surface area (Å²) < 4.78 is 0. The normalized spacial score (nSPS) is 20.0. The third-order valence-electron chi connectivity index (χ3n) is 3.38. The first-order valence-corrected chi connectivity index (χ1v) is 5.81. The highest BCUT2D eigenvalue weighted by atomic mass is 16.1. The van der Waals surface area contributed by atoms with Gasteiger partial charge in [0.25, 0.3) is 0 Å². The van der Waals surface area contributed by atoms with Gasteiger partial charge in [-0.15, -0.1) is 0 Å². The summed E-state index contributed by atoms with van der Waals surface area (Å²) >= 11 is 0. The van der Waals surface area contributed by atoms with Crippen LogP contribution in [0.25, 0.3) is 0 Å². The fourth-order valence-corrected chi connectivity index (χ4v) is 2.27. The van der Waals surface area contributed by atoms with Gasteiger partial charge in [-0.25, -0.2) is 0 Å². The predicted octanol–water partition coefficient (Wildman–Crippen LogP) is 2.61. The molecule has 0 aromatic heterocycles. The van der Waals surface area contributed by atoms with Gasteiger partial charge in [0, 0.05) is 17.9 Å². The molecular weight excluding hydrogens is 198 g/mol. The van der Waals surface area contributed by atoms with Gasteiger partial charge in [0.05, 0.1) is 0 Å². The van der Waals surface area contributed by atoms with Crippen LogP contribution in [0.2, 0.25) is 0 Å². The first-order valence-electron chi connectivity index (χ1n) is 5.81. The Morgan fingerprint density at radius 3 is 2.62 bits per heavy atom. The summed E-state index contributed by atoms with van der Waals surface area (Å²) in [6.07, 6.45) is 0.583. The molecule has 2 heteroatoms. The molecule has 1 atom stereocenters. The van der Waals surface area contributed by atoms with Crippen LogP contribution in [0.3, 0.4) is 0 Å². The largest absolute Gasteiger partial charge is 0.330 e. The number of benzene rings is 1. The van der Waals surface area contributed by atoms with Crippen LogP contribution in [0.15, 0.2) is 18.2 Å². The minimum Gasteiger partial charge on any atom is -0.330 e. The minimum absolute atomic E-state index is 0.0934. The lowest BCUT2D eigenvalue weighted by atomic mass is 9.85. The second-order valence-corrected chi connectivity index (χ2v) is 5.61. The zero-order valence-electron chi connectivity index (χ0n) is 10.2. The number of nitrogens with two attached hydrogens (primary N) is 1. The highest BCUT2D eigenvalue weighted by Crippen LogP contribution is 2.35. The van der Waals surface area contributed by atoms with Crippen molar-refractivity contribution in [1.29, 1.82) is 0 Å². The smallest absolute Gasteiger partial charge is 0.163 e. The van der Waals surface area contributed by atoms with E-state index in [0.29, 0.717) is 13.0 Å². The van der Waals surface area contributed by atoms with Gasteiger partial charge in [0.2, 0.25) is 0 Å². The molecule has 0 amide bonds. The Kier molecular flexibility index (Phi) is 2.62. The Morgan fingerprint density at radius 2 is 2.06 bits per heavy atom. The van der Waals surface area contributed by atoms with Crippen LogP contribution in [-0.4, -0.2) is 12.3 Å². The van der Waals surface area contributed by atoms with Crippen molar-refractivity contribution in [3.05, 3.63) is 34.9 Å². The zero-order chi connectivity index (χ0) is 11.9. The van der Waals surface area contributed by atoms with Crippen LogP contribution in [0.1, 0.15) is 54.6 Å². The molecule has 0 saturated heterocycles. The van der Waals surface area contributed by atoms with Crippen molar-refractivity contribution in [2.45, 2.75) is 38.5 Å². The van der Waals surface area contributed by atoms with Gasteiger partial charge in [-0.2, -0.15) is 0 Å².